The molecule has 17 heavy (non-hydrogen) atoms. The van der Waals surface area contributed by atoms with Crippen LogP contribution in [0, 0.1) is 22.7 Å². The minimum Gasteiger partial charge on any atom is -0.468 e. The average molecular weight is 243 g/mol. The van der Waals surface area contributed by atoms with Gasteiger partial charge >= 0.3 is 0 Å². The van der Waals surface area contributed by atoms with Gasteiger partial charge in [0.1, 0.15) is 5.76 Å². The highest BCUT2D eigenvalue weighted by molar-refractivity contribution is 8.06. The van der Waals surface area contributed by atoms with E-state index in [1.165, 1.54) is 18.0 Å². The van der Waals surface area contributed by atoms with Crippen LogP contribution >= 0.6 is 11.8 Å². The third kappa shape index (κ3) is 1.82. The molecule has 84 valence electrons. The molecule has 2 N–H and O–H groups in total. The summed E-state index contributed by atoms with van der Waals surface area (Å²) in [6, 6.07) is 7.67. The summed E-state index contributed by atoms with van der Waals surface area (Å²) in [5.41, 5.74) is 6.73. The number of allylic oxidation sites excluding steroid dienone is 3. The quantitative estimate of drug-likeness (QED) is 0.819. The van der Waals surface area contributed by atoms with Gasteiger partial charge in [0.15, 0.2) is 0 Å². The number of nitrogens with zero attached hydrogens (tertiary/aromatic N) is 2. The number of hydrogen-bond acceptors (Lipinski definition) is 5. The summed E-state index contributed by atoms with van der Waals surface area (Å²) in [5, 5.41) is 18.8. The van der Waals surface area contributed by atoms with Crippen LogP contribution < -0.4 is 5.73 Å². The third-order valence-corrected chi connectivity index (χ3v) is 3.52. The maximum atomic E-state index is 9.19. The van der Waals surface area contributed by atoms with Crippen LogP contribution in [0.4, 0.5) is 0 Å². The first-order valence-corrected chi connectivity index (χ1v) is 5.72. The Labute approximate surface area is 103 Å². The van der Waals surface area contributed by atoms with Gasteiger partial charge < -0.3 is 10.2 Å². The lowest BCUT2D eigenvalue weighted by Crippen LogP contribution is -2.14. The van der Waals surface area contributed by atoms with E-state index in [1.54, 1.807) is 12.1 Å². The van der Waals surface area contributed by atoms with Crippen molar-refractivity contribution in [3.63, 3.8) is 0 Å². The van der Waals surface area contributed by atoms with E-state index in [0.717, 1.165) is 4.91 Å². The molecule has 1 atom stereocenters. The lowest BCUT2D eigenvalue weighted by Gasteiger charge is -2.21. The van der Waals surface area contributed by atoms with Crippen molar-refractivity contribution in [2.24, 2.45) is 5.73 Å². The Morgan fingerprint density at radius 3 is 2.59 bits per heavy atom. The summed E-state index contributed by atoms with van der Waals surface area (Å²) in [6.07, 6.45) is 1.52. The van der Waals surface area contributed by atoms with E-state index >= 15 is 0 Å². The minimum absolute atomic E-state index is 0.382. The molecule has 0 spiro atoms. The van der Waals surface area contributed by atoms with Crippen molar-refractivity contribution in [1.82, 2.24) is 0 Å². The lowest BCUT2D eigenvalue weighted by molar-refractivity contribution is 0.503. The first kappa shape index (κ1) is 11.4. The summed E-state index contributed by atoms with van der Waals surface area (Å²) in [4.78, 5) is 0.811. The van der Waals surface area contributed by atoms with Gasteiger partial charge in [-0.05, 0) is 19.1 Å². The zero-order valence-corrected chi connectivity index (χ0v) is 9.91. The Morgan fingerprint density at radius 2 is 2.06 bits per heavy atom. The monoisotopic (exact) mass is 243 g/mol. The fraction of sp³-hybridized carbons (Fsp3) is 0.167. The number of thioether (sulfide) groups is 1. The fourth-order valence-corrected chi connectivity index (χ4v) is 2.64. The number of hydrogen-bond donors (Lipinski definition) is 1. The van der Waals surface area contributed by atoms with E-state index in [2.05, 4.69) is 12.1 Å². The normalized spacial score (nSPS) is 20.1. The van der Waals surface area contributed by atoms with Crippen molar-refractivity contribution in [3.8, 4) is 12.1 Å². The molecule has 5 heteroatoms. The van der Waals surface area contributed by atoms with E-state index < -0.39 is 5.92 Å². The Balaban J connectivity index is 2.61. The fourth-order valence-electron chi connectivity index (χ4n) is 1.77. The molecule has 1 aromatic rings. The van der Waals surface area contributed by atoms with Crippen LogP contribution in [0.5, 0.6) is 0 Å². The molecule has 2 heterocycles. The summed E-state index contributed by atoms with van der Waals surface area (Å²) >= 11 is 1.26. The van der Waals surface area contributed by atoms with Gasteiger partial charge in [-0.15, -0.1) is 0 Å². The maximum absolute atomic E-state index is 9.19. The van der Waals surface area contributed by atoms with Gasteiger partial charge in [-0.25, -0.2) is 0 Å². The molecule has 0 saturated heterocycles. The van der Waals surface area contributed by atoms with Gasteiger partial charge in [-0.3, -0.25) is 0 Å². The van der Waals surface area contributed by atoms with Crippen molar-refractivity contribution in [3.05, 3.63) is 45.2 Å². The highest BCUT2D eigenvalue weighted by Crippen LogP contribution is 2.44. The molecular weight excluding hydrogens is 234 g/mol. The smallest absolute Gasteiger partial charge is 0.117 e. The van der Waals surface area contributed by atoms with Crippen molar-refractivity contribution in [1.29, 1.82) is 10.5 Å². The molecule has 1 aliphatic rings. The van der Waals surface area contributed by atoms with Crippen molar-refractivity contribution < 1.29 is 4.42 Å². The second-order valence-corrected chi connectivity index (χ2v) is 4.78. The molecule has 1 aliphatic heterocycles. The Hall–Kier alpha value is -2.11. The predicted octanol–water partition coefficient (Wildman–Crippen LogP) is 2.60. The molecule has 2 rings (SSSR count). The summed E-state index contributed by atoms with van der Waals surface area (Å²) in [6.45, 7) is 1.82. The van der Waals surface area contributed by atoms with E-state index in [0.29, 0.717) is 21.9 Å². The molecule has 0 amide bonds. The number of furan rings is 1. The standard InChI is InChI=1S/C12H9N3OS/c1-7-8(5-13)11(10-3-2-4-16-10)9(6-14)12(15)17-7/h2-4,11H,15H2,1H3. The molecule has 4 nitrogen and oxygen atoms in total. The highest BCUT2D eigenvalue weighted by atomic mass is 32.2. The van der Waals surface area contributed by atoms with Crippen molar-refractivity contribution in [2.45, 2.75) is 12.8 Å². The molecule has 0 radical (unpaired) electrons. The second kappa shape index (κ2) is 4.40. The SMILES string of the molecule is CC1=C(C#N)C(c2ccco2)C(C#N)=C(N)S1. The largest absolute Gasteiger partial charge is 0.468 e. The topological polar surface area (TPSA) is 86.7 Å². The minimum atomic E-state index is -0.471. The van der Waals surface area contributed by atoms with Gasteiger partial charge in [-0.1, -0.05) is 11.8 Å². The number of nitriles is 2. The zero-order chi connectivity index (χ0) is 12.4. The number of rotatable bonds is 1. The summed E-state index contributed by atoms with van der Waals surface area (Å²) < 4.78 is 5.30. The van der Waals surface area contributed by atoms with Crippen LogP contribution in [0.2, 0.25) is 0 Å². The van der Waals surface area contributed by atoms with Crippen molar-refractivity contribution >= 4 is 11.8 Å². The molecule has 0 aromatic carbocycles. The number of nitrogens with two attached hydrogens (primary N) is 1. The van der Waals surface area contributed by atoms with Crippen LogP contribution in [0.15, 0.2) is 43.9 Å². The van der Waals surface area contributed by atoms with Gasteiger partial charge in [-0.2, -0.15) is 10.5 Å². The average Bonchev–Trinajstić information content (AvgIpc) is 2.81. The van der Waals surface area contributed by atoms with Crippen LogP contribution in [0.3, 0.4) is 0 Å². The van der Waals surface area contributed by atoms with Gasteiger partial charge in [0, 0.05) is 4.91 Å². The second-order valence-electron chi connectivity index (χ2n) is 3.52. The van der Waals surface area contributed by atoms with Gasteiger partial charge in [0.25, 0.3) is 0 Å². The van der Waals surface area contributed by atoms with Gasteiger partial charge in [0.2, 0.25) is 0 Å². The Bertz CT molecular complexity index is 548. The van der Waals surface area contributed by atoms with E-state index in [9.17, 15) is 5.26 Å². The van der Waals surface area contributed by atoms with E-state index in [1.807, 2.05) is 6.92 Å². The maximum Gasteiger partial charge on any atom is 0.117 e. The summed E-state index contributed by atoms with van der Waals surface area (Å²) in [7, 11) is 0. The molecule has 0 fully saturated rings. The molecule has 1 unspecified atom stereocenters. The lowest BCUT2D eigenvalue weighted by atomic mass is 9.89. The van der Waals surface area contributed by atoms with Crippen LogP contribution in [-0.4, -0.2) is 0 Å². The molecule has 0 aliphatic carbocycles. The third-order valence-electron chi connectivity index (χ3n) is 2.55. The van der Waals surface area contributed by atoms with Crippen molar-refractivity contribution in [2.75, 3.05) is 0 Å². The summed E-state index contributed by atoms with van der Waals surface area (Å²) in [5.74, 6) is 0.0990. The zero-order valence-electron chi connectivity index (χ0n) is 9.10. The van der Waals surface area contributed by atoms with Crippen LogP contribution in [0.25, 0.3) is 0 Å². The first-order valence-electron chi connectivity index (χ1n) is 4.91. The molecular formula is C12H9N3OS. The van der Waals surface area contributed by atoms with E-state index in [-0.39, 0.29) is 0 Å². The van der Waals surface area contributed by atoms with Crippen LogP contribution in [0.1, 0.15) is 18.6 Å². The van der Waals surface area contributed by atoms with Gasteiger partial charge in [0.05, 0.1) is 40.5 Å². The Kier molecular flexibility index (Phi) is 2.95. The molecule has 0 bridgehead atoms. The Morgan fingerprint density at radius 1 is 1.35 bits per heavy atom. The first-order chi connectivity index (χ1) is 8.19. The predicted molar refractivity (Wildman–Crippen MR) is 64.2 cm³/mol. The molecule has 1 aromatic heterocycles. The highest BCUT2D eigenvalue weighted by Gasteiger charge is 2.32. The van der Waals surface area contributed by atoms with E-state index in [4.69, 9.17) is 15.4 Å². The molecule has 0 saturated carbocycles. The van der Waals surface area contributed by atoms with Crippen LogP contribution in [-0.2, 0) is 0 Å².